The SMILES string of the molecule is c1ccc(Oc2cccc([C@@H]3CCCN3)n2)cc1. The van der Waals surface area contributed by atoms with E-state index < -0.39 is 0 Å². The molecule has 1 N–H and O–H groups in total. The maximum absolute atomic E-state index is 5.74. The predicted octanol–water partition coefficient (Wildman–Crippen LogP) is 3.30. The molecule has 0 saturated carbocycles. The molecule has 0 bridgehead atoms. The average Bonchev–Trinajstić information content (AvgIpc) is 2.94. The van der Waals surface area contributed by atoms with E-state index >= 15 is 0 Å². The third-order valence-electron chi connectivity index (χ3n) is 3.13. The predicted molar refractivity (Wildman–Crippen MR) is 70.7 cm³/mol. The monoisotopic (exact) mass is 240 g/mol. The number of pyridine rings is 1. The quantitative estimate of drug-likeness (QED) is 0.893. The van der Waals surface area contributed by atoms with Gasteiger partial charge in [-0.3, -0.25) is 0 Å². The van der Waals surface area contributed by atoms with Crippen LogP contribution in [-0.4, -0.2) is 11.5 Å². The number of benzene rings is 1. The number of ether oxygens (including phenoxy) is 1. The minimum Gasteiger partial charge on any atom is -0.439 e. The second-order valence-corrected chi connectivity index (χ2v) is 4.46. The summed E-state index contributed by atoms with van der Waals surface area (Å²) in [6, 6.07) is 16.1. The van der Waals surface area contributed by atoms with Crippen LogP contribution in [0.3, 0.4) is 0 Å². The highest BCUT2D eigenvalue weighted by Crippen LogP contribution is 2.24. The molecule has 0 unspecified atom stereocenters. The Morgan fingerprint density at radius 1 is 1.06 bits per heavy atom. The molecule has 0 spiro atoms. The minimum absolute atomic E-state index is 0.379. The normalized spacial score (nSPS) is 18.8. The summed E-state index contributed by atoms with van der Waals surface area (Å²) in [4.78, 5) is 4.57. The fourth-order valence-corrected chi connectivity index (χ4v) is 2.23. The smallest absolute Gasteiger partial charge is 0.219 e. The topological polar surface area (TPSA) is 34.1 Å². The van der Waals surface area contributed by atoms with Crippen LogP contribution in [0.1, 0.15) is 24.6 Å². The van der Waals surface area contributed by atoms with Crippen molar-refractivity contribution in [3.8, 4) is 11.6 Å². The Morgan fingerprint density at radius 2 is 1.94 bits per heavy atom. The number of hydrogen-bond donors (Lipinski definition) is 1. The first-order chi connectivity index (χ1) is 8.92. The summed E-state index contributed by atoms with van der Waals surface area (Å²) in [5.74, 6) is 1.48. The Balaban J connectivity index is 1.78. The van der Waals surface area contributed by atoms with Crippen molar-refractivity contribution in [3.63, 3.8) is 0 Å². The fourth-order valence-electron chi connectivity index (χ4n) is 2.23. The molecular formula is C15H16N2O. The van der Waals surface area contributed by atoms with Gasteiger partial charge in [-0.1, -0.05) is 24.3 Å². The first-order valence-electron chi connectivity index (χ1n) is 6.35. The lowest BCUT2D eigenvalue weighted by Gasteiger charge is -2.11. The molecule has 1 fully saturated rings. The number of aromatic nitrogens is 1. The Hall–Kier alpha value is -1.87. The molecule has 3 nitrogen and oxygen atoms in total. The summed E-state index contributed by atoms with van der Waals surface area (Å²) in [5, 5.41) is 3.45. The molecule has 2 aromatic rings. The van der Waals surface area contributed by atoms with E-state index in [9.17, 15) is 0 Å². The Bertz CT molecular complexity index is 507. The number of rotatable bonds is 3. The second kappa shape index (κ2) is 5.19. The number of nitrogens with one attached hydrogen (secondary N) is 1. The molecule has 1 aromatic heterocycles. The van der Waals surface area contributed by atoms with Crippen molar-refractivity contribution >= 4 is 0 Å². The van der Waals surface area contributed by atoms with Gasteiger partial charge in [0.25, 0.3) is 0 Å². The van der Waals surface area contributed by atoms with E-state index in [4.69, 9.17) is 4.74 Å². The average molecular weight is 240 g/mol. The van der Waals surface area contributed by atoms with Crippen LogP contribution < -0.4 is 10.1 Å². The van der Waals surface area contributed by atoms with Crippen LogP contribution in [0, 0.1) is 0 Å². The van der Waals surface area contributed by atoms with Crippen molar-refractivity contribution < 1.29 is 4.74 Å². The lowest BCUT2D eigenvalue weighted by molar-refractivity contribution is 0.456. The molecule has 1 aromatic carbocycles. The molecule has 1 aliphatic heterocycles. The molecule has 1 aliphatic rings. The number of nitrogens with zero attached hydrogens (tertiary/aromatic N) is 1. The van der Waals surface area contributed by atoms with Crippen molar-refractivity contribution in [2.75, 3.05) is 6.54 Å². The van der Waals surface area contributed by atoms with Gasteiger partial charge < -0.3 is 10.1 Å². The van der Waals surface area contributed by atoms with E-state index in [1.54, 1.807) is 0 Å². The highest BCUT2D eigenvalue weighted by Gasteiger charge is 2.17. The van der Waals surface area contributed by atoms with E-state index in [2.05, 4.69) is 16.4 Å². The van der Waals surface area contributed by atoms with E-state index in [-0.39, 0.29) is 0 Å². The molecule has 0 amide bonds. The molecule has 1 saturated heterocycles. The molecule has 0 radical (unpaired) electrons. The van der Waals surface area contributed by atoms with Crippen molar-refractivity contribution in [3.05, 3.63) is 54.2 Å². The van der Waals surface area contributed by atoms with Gasteiger partial charge in [0.2, 0.25) is 5.88 Å². The zero-order chi connectivity index (χ0) is 12.2. The second-order valence-electron chi connectivity index (χ2n) is 4.46. The molecule has 3 heteroatoms. The van der Waals surface area contributed by atoms with Crippen LogP contribution in [0.15, 0.2) is 48.5 Å². The van der Waals surface area contributed by atoms with E-state index in [1.807, 2.05) is 42.5 Å². The van der Waals surface area contributed by atoms with Gasteiger partial charge >= 0.3 is 0 Å². The van der Waals surface area contributed by atoms with Gasteiger partial charge in [0, 0.05) is 12.1 Å². The third kappa shape index (κ3) is 2.51. The van der Waals surface area contributed by atoms with Crippen LogP contribution in [0.4, 0.5) is 0 Å². The zero-order valence-electron chi connectivity index (χ0n) is 10.2. The zero-order valence-corrected chi connectivity index (χ0v) is 10.2. The molecule has 1 atom stereocenters. The van der Waals surface area contributed by atoms with Gasteiger partial charge in [-0.25, -0.2) is 4.98 Å². The maximum atomic E-state index is 5.74. The Labute approximate surface area is 107 Å². The van der Waals surface area contributed by atoms with Crippen molar-refractivity contribution in [1.82, 2.24) is 10.3 Å². The summed E-state index contributed by atoms with van der Waals surface area (Å²) in [6.45, 7) is 1.08. The lowest BCUT2D eigenvalue weighted by atomic mass is 10.1. The molecule has 3 rings (SSSR count). The highest BCUT2D eigenvalue weighted by molar-refractivity contribution is 5.27. The lowest BCUT2D eigenvalue weighted by Crippen LogP contribution is -2.14. The Kier molecular flexibility index (Phi) is 3.24. The summed E-state index contributed by atoms with van der Waals surface area (Å²) in [5.41, 5.74) is 1.07. The van der Waals surface area contributed by atoms with Gasteiger partial charge in [-0.2, -0.15) is 0 Å². The van der Waals surface area contributed by atoms with Crippen molar-refractivity contribution in [2.24, 2.45) is 0 Å². The molecule has 0 aliphatic carbocycles. The summed E-state index contributed by atoms with van der Waals surface area (Å²) >= 11 is 0. The van der Waals surface area contributed by atoms with Gasteiger partial charge in [0.15, 0.2) is 0 Å². The third-order valence-corrected chi connectivity index (χ3v) is 3.13. The van der Waals surface area contributed by atoms with Gasteiger partial charge in [-0.15, -0.1) is 0 Å². The summed E-state index contributed by atoms with van der Waals surface area (Å²) in [6.07, 6.45) is 2.37. The fraction of sp³-hybridized carbons (Fsp3) is 0.267. The minimum atomic E-state index is 0.379. The van der Waals surface area contributed by atoms with E-state index in [0.717, 1.165) is 24.4 Å². The number of hydrogen-bond acceptors (Lipinski definition) is 3. The molecule has 18 heavy (non-hydrogen) atoms. The summed E-state index contributed by atoms with van der Waals surface area (Å²) in [7, 11) is 0. The van der Waals surface area contributed by atoms with E-state index in [0.29, 0.717) is 11.9 Å². The van der Waals surface area contributed by atoms with Crippen LogP contribution in [-0.2, 0) is 0 Å². The van der Waals surface area contributed by atoms with Crippen LogP contribution in [0.2, 0.25) is 0 Å². The molecular weight excluding hydrogens is 224 g/mol. The Morgan fingerprint density at radius 3 is 2.72 bits per heavy atom. The van der Waals surface area contributed by atoms with Crippen molar-refractivity contribution in [2.45, 2.75) is 18.9 Å². The highest BCUT2D eigenvalue weighted by atomic mass is 16.5. The van der Waals surface area contributed by atoms with Crippen LogP contribution in [0.25, 0.3) is 0 Å². The molecule has 2 heterocycles. The standard InChI is InChI=1S/C15H16N2O/c1-2-6-12(7-3-1)18-15-10-4-8-14(17-15)13-9-5-11-16-13/h1-4,6-8,10,13,16H,5,9,11H2/t13-/m0/s1. The van der Waals surface area contributed by atoms with Crippen LogP contribution in [0.5, 0.6) is 11.6 Å². The summed E-state index contributed by atoms with van der Waals surface area (Å²) < 4.78 is 5.74. The first kappa shape index (κ1) is 11.2. The molecule has 92 valence electrons. The first-order valence-corrected chi connectivity index (χ1v) is 6.35. The van der Waals surface area contributed by atoms with Gasteiger partial charge in [-0.05, 0) is 37.6 Å². The maximum Gasteiger partial charge on any atom is 0.219 e. The van der Waals surface area contributed by atoms with Crippen molar-refractivity contribution in [1.29, 1.82) is 0 Å². The van der Waals surface area contributed by atoms with Gasteiger partial charge in [0.05, 0.1) is 5.69 Å². The number of para-hydroxylation sites is 1. The van der Waals surface area contributed by atoms with Gasteiger partial charge in [0.1, 0.15) is 5.75 Å². The van der Waals surface area contributed by atoms with E-state index in [1.165, 1.54) is 6.42 Å². The van der Waals surface area contributed by atoms with Crippen LogP contribution >= 0.6 is 0 Å². The largest absolute Gasteiger partial charge is 0.439 e.